The van der Waals surface area contributed by atoms with Crippen LogP contribution >= 0.6 is 0 Å². The molecule has 3 aromatic carbocycles. The molecule has 3 aromatic rings. The highest BCUT2D eigenvalue weighted by Gasteiger charge is 2.44. The second-order valence-corrected chi connectivity index (χ2v) is 25.1. The molecule has 0 saturated carbocycles. The van der Waals surface area contributed by atoms with Crippen LogP contribution in [0.3, 0.4) is 0 Å². The third-order valence-electron chi connectivity index (χ3n) is 17.3. The fourth-order valence-electron chi connectivity index (χ4n) is 11.6. The van der Waals surface area contributed by atoms with Crippen LogP contribution < -0.4 is 43.0 Å². The van der Waals surface area contributed by atoms with Crippen molar-refractivity contribution in [1.82, 2.24) is 36.0 Å². The van der Waals surface area contributed by atoms with Crippen LogP contribution in [0, 0.1) is 29.6 Å². The SMILES string of the molecule is CC[C@H](C)[C@@H]([C@@H](CC(=O)N1CCCC1[C@H](OC)[C@@H](C)C(=O)N[C@@H](Cc1ccccc1)C(=O)O)OC)N(C)C(=O)[C@@H](NC(=O)[C@H](C(C)C)N(C)CCc1ccc(N(C)C(=O)OCc2ccc(NC(=O)[C@H](CCCNC(N)=O)NC(=O)[C@@H](N)C(C)C)cc2)cc1)C(C)C. The summed E-state index contributed by atoms with van der Waals surface area (Å²) in [6, 6.07) is 17.0. The van der Waals surface area contributed by atoms with Gasteiger partial charge in [0, 0.05) is 65.7 Å². The minimum atomic E-state index is -1.17. The molecule has 91 heavy (non-hydrogen) atoms. The molecule has 504 valence electrons. The molecule has 0 bridgehead atoms. The number of aliphatic carboxylic acids is 1. The van der Waals surface area contributed by atoms with Crippen molar-refractivity contribution in [1.29, 1.82) is 0 Å². The molecule has 10 N–H and O–H groups in total. The Balaban J connectivity index is 1.35. The predicted octanol–water partition coefficient (Wildman–Crippen LogP) is 5.69. The minimum Gasteiger partial charge on any atom is -0.480 e. The zero-order valence-corrected chi connectivity index (χ0v) is 55.9. The second kappa shape index (κ2) is 37.0. The second-order valence-electron chi connectivity index (χ2n) is 25.1. The number of rotatable bonds is 36. The van der Waals surface area contributed by atoms with E-state index >= 15 is 0 Å². The van der Waals surface area contributed by atoms with Crippen LogP contribution in [0.15, 0.2) is 78.9 Å². The average molecular weight is 1270 g/mol. The summed E-state index contributed by atoms with van der Waals surface area (Å²) in [7, 11) is 8.17. The fraction of sp³-hybridized carbons (Fsp3) is 0.597. The number of primary amides is 1. The number of benzene rings is 3. The third-order valence-corrected chi connectivity index (χ3v) is 17.3. The Bertz CT molecular complexity index is 2840. The van der Waals surface area contributed by atoms with Crippen molar-refractivity contribution in [3.05, 3.63) is 95.6 Å². The van der Waals surface area contributed by atoms with E-state index in [9.17, 15) is 48.3 Å². The van der Waals surface area contributed by atoms with Gasteiger partial charge in [-0.15, -0.1) is 0 Å². The summed E-state index contributed by atoms with van der Waals surface area (Å²) in [6.07, 6.45) is 0.972. The molecule has 1 heterocycles. The van der Waals surface area contributed by atoms with Crippen LogP contribution in [-0.4, -0.2) is 183 Å². The number of carboxylic acids is 1. The standard InChI is InChI=1S/C67H103N11O13/c1-15-43(8)58(53(89-13)38-54(79)78-35-20-24-52(78)59(90-14)44(9)60(80)73-51(65(85)86)37-46-21-17-16-18-22-46)77(12)64(84)56(41(4)5)74-63(83)57(42(6)7)75(10)36-33-45-27-31-49(32-28-45)76(11)67(88)91-39-47-25-29-48(30-26-47)71-61(81)50(23-19-34-70-66(69)87)72-62(82)55(68)40(2)3/h16-18,21-22,25-32,40-44,50-53,55-59H,15,19-20,23-24,33-39,68H2,1-14H3,(H,71,81)(H,72,82)(H,73,80)(H,74,83)(H,85,86)(H3,69,70,87)/t43-,44+,50-,51-,52?,53+,55-,56-,57-,58-,59+/m0/s1. The van der Waals surface area contributed by atoms with Crippen molar-refractivity contribution in [2.75, 3.05) is 65.2 Å². The molecule has 1 aliphatic heterocycles. The molecular formula is C67H103N11O13. The number of ether oxygens (including phenoxy) is 3. The van der Waals surface area contributed by atoms with Crippen LogP contribution in [0.25, 0.3) is 0 Å². The number of likely N-dealkylation sites (tertiary alicyclic amines) is 1. The Morgan fingerprint density at radius 3 is 1.91 bits per heavy atom. The van der Waals surface area contributed by atoms with Crippen LogP contribution in [-0.2, 0) is 67.2 Å². The average Bonchev–Trinajstić information content (AvgIpc) is 2.42. The number of hydrogen-bond acceptors (Lipinski definition) is 14. The molecule has 1 saturated heterocycles. The largest absolute Gasteiger partial charge is 0.480 e. The van der Waals surface area contributed by atoms with Crippen molar-refractivity contribution in [2.24, 2.45) is 41.1 Å². The van der Waals surface area contributed by atoms with Gasteiger partial charge >= 0.3 is 18.1 Å². The van der Waals surface area contributed by atoms with Gasteiger partial charge in [-0.25, -0.2) is 14.4 Å². The molecular weight excluding hydrogens is 1170 g/mol. The number of likely N-dealkylation sites (N-methyl/N-ethyl adjacent to an activating group) is 2. The molecule has 9 amide bonds. The number of nitrogens with one attached hydrogen (secondary N) is 5. The Morgan fingerprint density at radius 2 is 1.35 bits per heavy atom. The molecule has 0 aliphatic carbocycles. The van der Waals surface area contributed by atoms with E-state index in [0.29, 0.717) is 62.1 Å². The molecule has 1 fully saturated rings. The van der Waals surface area contributed by atoms with Crippen LogP contribution in [0.1, 0.15) is 118 Å². The number of anilines is 2. The highest BCUT2D eigenvalue weighted by molar-refractivity contribution is 5.98. The van der Waals surface area contributed by atoms with Crippen molar-refractivity contribution in [3.8, 4) is 0 Å². The zero-order chi connectivity index (χ0) is 67.8. The number of carbonyl (C=O) groups is 9. The summed E-state index contributed by atoms with van der Waals surface area (Å²) in [5, 5.41) is 23.8. The normalized spacial score (nSPS) is 16.5. The van der Waals surface area contributed by atoms with Gasteiger partial charge in [0.2, 0.25) is 35.4 Å². The number of hydrogen-bond donors (Lipinski definition) is 8. The monoisotopic (exact) mass is 1270 g/mol. The molecule has 24 nitrogen and oxygen atoms in total. The van der Waals surface area contributed by atoms with Crippen LogP contribution in [0.2, 0.25) is 0 Å². The van der Waals surface area contributed by atoms with Gasteiger partial charge in [0.15, 0.2) is 0 Å². The summed E-state index contributed by atoms with van der Waals surface area (Å²) in [6.45, 7) is 18.0. The fourth-order valence-corrected chi connectivity index (χ4v) is 11.6. The lowest BCUT2D eigenvalue weighted by Gasteiger charge is -2.41. The number of urea groups is 1. The lowest BCUT2D eigenvalue weighted by Crippen LogP contribution is -2.60. The zero-order valence-electron chi connectivity index (χ0n) is 55.9. The Hall–Kier alpha value is -7.67. The number of nitrogens with zero attached hydrogens (tertiary/aromatic N) is 4. The van der Waals surface area contributed by atoms with Gasteiger partial charge in [-0.1, -0.05) is 123 Å². The minimum absolute atomic E-state index is 0.0527. The first-order valence-corrected chi connectivity index (χ1v) is 31.7. The number of carbonyl (C=O) groups excluding carboxylic acids is 8. The molecule has 1 aliphatic rings. The molecule has 0 radical (unpaired) electrons. The number of carboxylic acid groups (broad SMARTS) is 1. The Morgan fingerprint density at radius 1 is 0.725 bits per heavy atom. The summed E-state index contributed by atoms with van der Waals surface area (Å²) in [5.41, 5.74) is 14.6. The maximum atomic E-state index is 14.8. The van der Waals surface area contributed by atoms with Gasteiger partial charge in [0.1, 0.15) is 24.7 Å². The summed E-state index contributed by atoms with van der Waals surface area (Å²) in [4.78, 5) is 127. The highest BCUT2D eigenvalue weighted by Crippen LogP contribution is 2.30. The number of methoxy groups -OCH3 is 2. The molecule has 1 unspecified atom stereocenters. The first-order chi connectivity index (χ1) is 43.0. The van der Waals surface area contributed by atoms with E-state index < -0.39 is 96.2 Å². The predicted molar refractivity (Wildman–Crippen MR) is 349 cm³/mol. The van der Waals surface area contributed by atoms with Crippen molar-refractivity contribution in [3.63, 3.8) is 0 Å². The van der Waals surface area contributed by atoms with Gasteiger partial charge in [-0.3, -0.25) is 38.6 Å². The van der Waals surface area contributed by atoms with E-state index in [4.69, 9.17) is 25.7 Å². The molecule has 0 aromatic heterocycles. The van der Waals surface area contributed by atoms with E-state index in [0.717, 1.165) is 11.1 Å². The summed E-state index contributed by atoms with van der Waals surface area (Å²) in [5.74, 6) is -5.01. The molecule has 0 spiro atoms. The Labute approximate surface area is 537 Å². The van der Waals surface area contributed by atoms with E-state index in [1.807, 2.05) is 83.8 Å². The van der Waals surface area contributed by atoms with Gasteiger partial charge in [0.25, 0.3) is 0 Å². The Kier molecular flexibility index (Phi) is 30.8. The first kappa shape index (κ1) is 75.8. The first-order valence-electron chi connectivity index (χ1n) is 31.7. The lowest BCUT2D eigenvalue weighted by atomic mass is 9.89. The van der Waals surface area contributed by atoms with Gasteiger partial charge in [-0.2, -0.15) is 0 Å². The number of nitrogens with two attached hydrogens (primary N) is 2. The van der Waals surface area contributed by atoms with E-state index in [1.54, 1.807) is 93.2 Å². The summed E-state index contributed by atoms with van der Waals surface area (Å²) >= 11 is 0. The highest BCUT2D eigenvalue weighted by atomic mass is 16.6. The maximum Gasteiger partial charge on any atom is 0.414 e. The van der Waals surface area contributed by atoms with E-state index in [2.05, 4.69) is 26.6 Å². The third kappa shape index (κ3) is 22.6. The van der Waals surface area contributed by atoms with Gasteiger partial charge in [-0.05, 0) is 104 Å². The smallest absolute Gasteiger partial charge is 0.414 e. The molecule has 11 atom stereocenters. The summed E-state index contributed by atoms with van der Waals surface area (Å²) < 4.78 is 17.7. The topological polar surface area (TPSA) is 327 Å². The van der Waals surface area contributed by atoms with Crippen LogP contribution in [0.4, 0.5) is 21.0 Å². The number of amides is 9. The molecule has 4 rings (SSSR count). The van der Waals surface area contributed by atoms with E-state index in [1.165, 1.54) is 19.1 Å². The molecule has 24 heteroatoms. The van der Waals surface area contributed by atoms with Crippen molar-refractivity contribution >= 4 is 64.9 Å². The van der Waals surface area contributed by atoms with Crippen LogP contribution in [0.5, 0.6) is 0 Å². The van der Waals surface area contributed by atoms with Crippen molar-refractivity contribution < 1.29 is 62.5 Å². The maximum absolute atomic E-state index is 14.8. The van der Waals surface area contributed by atoms with Gasteiger partial charge in [0.05, 0.1) is 48.7 Å². The van der Waals surface area contributed by atoms with Crippen molar-refractivity contribution in [2.45, 2.75) is 175 Å². The quantitative estimate of drug-likeness (QED) is 0.0325. The van der Waals surface area contributed by atoms with Gasteiger partial charge < -0.3 is 67.2 Å². The van der Waals surface area contributed by atoms with E-state index in [-0.39, 0.29) is 73.8 Å². The lowest BCUT2D eigenvalue weighted by molar-refractivity contribution is -0.148.